The number of aryl methyl sites for hydroxylation is 1. The Kier molecular flexibility index (Phi) is 7.25. The first-order chi connectivity index (χ1) is 17.6. The third-order valence-electron chi connectivity index (χ3n) is 7.49. The van der Waals surface area contributed by atoms with Gasteiger partial charge in [-0.3, -0.25) is 9.48 Å². The summed E-state index contributed by atoms with van der Waals surface area (Å²) in [5.74, 6) is -0.948. The second-order valence-corrected chi connectivity index (χ2v) is 10.9. The normalized spacial score (nSPS) is 27.3. The third-order valence-corrected chi connectivity index (χ3v) is 8.50. The van der Waals surface area contributed by atoms with Crippen molar-refractivity contribution in [3.8, 4) is 0 Å². The maximum Gasteiger partial charge on any atom is 0.435 e. The fourth-order valence-electron chi connectivity index (χ4n) is 5.36. The molecule has 37 heavy (non-hydrogen) atoms. The molecule has 1 saturated heterocycles. The Morgan fingerprint density at radius 1 is 1.16 bits per heavy atom. The summed E-state index contributed by atoms with van der Waals surface area (Å²) in [5.41, 5.74) is 0.516. The van der Waals surface area contributed by atoms with E-state index in [4.69, 9.17) is 9.82 Å². The summed E-state index contributed by atoms with van der Waals surface area (Å²) in [6.07, 6.45) is -4.73. The molecular weight excluding hydrogens is 517 g/mol. The number of hydrogen-bond donors (Lipinski definition) is 0. The summed E-state index contributed by atoms with van der Waals surface area (Å²) in [6, 6.07) is 0.933. The number of aromatic nitrogens is 3. The number of piperidine rings is 1. The van der Waals surface area contributed by atoms with Crippen LogP contribution in [0.5, 0.6) is 0 Å². The van der Waals surface area contributed by atoms with Crippen molar-refractivity contribution < 1.29 is 31.6 Å². The Labute approximate surface area is 214 Å². The van der Waals surface area contributed by atoms with Crippen LogP contribution in [0, 0.1) is 12.8 Å². The Balaban J connectivity index is 1.14. The fraction of sp³-hybridized carbons (Fsp3) is 0.667. The van der Waals surface area contributed by atoms with Crippen LogP contribution in [0.1, 0.15) is 66.5 Å². The Bertz CT molecular complexity index is 1150. The average molecular weight is 546 g/mol. The molecule has 1 amide bonds. The molecule has 0 spiro atoms. The molecule has 2 aromatic heterocycles. The molecule has 3 aliphatic rings. The molecule has 13 heteroatoms. The number of oxime groups is 1. The van der Waals surface area contributed by atoms with Gasteiger partial charge in [-0.25, -0.2) is 13.8 Å². The van der Waals surface area contributed by atoms with Crippen LogP contribution in [-0.4, -0.2) is 62.8 Å². The molecule has 3 unspecified atom stereocenters. The number of likely N-dealkylation sites (tertiary alicyclic amines) is 1. The Hall–Kier alpha value is -2.57. The minimum atomic E-state index is -4.55. The zero-order valence-corrected chi connectivity index (χ0v) is 21.1. The number of halogens is 5. The highest BCUT2D eigenvalue weighted by atomic mass is 32.1. The fourth-order valence-corrected chi connectivity index (χ4v) is 6.36. The Morgan fingerprint density at radius 3 is 2.51 bits per heavy atom. The molecular formula is C24H28F5N5O2S. The lowest BCUT2D eigenvalue weighted by molar-refractivity contribution is -0.142. The van der Waals surface area contributed by atoms with Gasteiger partial charge < -0.3 is 9.74 Å². The smallest absolute Gasteiger partial charge is 0.391 e. The van der Waals surface area contributed by atoms with Gasteiger partial charge in [0.25, 0.3) is 0 Å². The standard InChI is InChI=1S/C24H28F5N5O2S/c1-13-9-20(24(27,28)29)31-34(13)11-21(35)33-7-5-14(6-8-33)23-30-18(12-37-23)17-10-19(36-32-17)22-15(25)3-2-4-16(22)26/h9,12,14-16,19,22H,2-8,10-11H2,1H3. The van der Waals surface area contributed by atoms with Crippen LogP contribution in [0.25, 0.3) is 0 Å². The molecule has 2 aromatic rings. The lowest BCUT2D eigenvalue weighted by Crippen LogP contribution is -2.40. The number of alkyl halides is 5. The predicted molar refractivity (Wildman–Crippen MR) is 126 cm³/mol. The van der Waals surface area contributed by atoms with Crippen LogP contribution in [0.15, 0.2) is 16.6 Å². The van der Waals surface area contributed by atoms with Crippen LogP contribution >= 0.6 is 11.3 Å². The van der Waals surface area contributed by atoms with E-state index in [1.807, 2.05) is 5.38 Å². The van der Waals surface area contributed by atoms with Gasteiger partial charge in [-0.2, -0.15) is 18.3 Å². The van der Waals surface area contributed by atoms with Gasteiger partial charge in [-0.15, -0.1) is 11.3 Å². The molecule has 0 bridgehead atoms. The summed E-state index contributed by atoms with van der Waals surface area (Å²) in [4.78, 5) is 24.5. The number of nitrogens with zero attached hydrogens (tertiary/aromatic N) is 5. The number of hydrogen-bond acceptors (Lipinski definition) is 6. The van der Waals surface area contributed by atoms with Crippen molar-refractivity contribution in [1.82, 2.24) is 19.7 Å². The van der Waals surface area contributed by atoms with E-state index >= 15 is 0 Å². The van der Waals surface area contributed by atoms with E-state index in [-0.39, 0.29) is 24.1 Å². The minimum Gasteiger partial charge on any atom is -0.391 e. The molecule has 1 saturated carbocycles. The molecule has 4 heterocycles. The SMILES string of the molecule is Cc1cc(C(F)(F)F)nn1CC(=O)N1CCC(c2nc(C3=NOC(C4C(F)CCCC4F)C3)cs2)CC1. The van der Waals surface area contributed by atoms with Crippen molar-refractivity contribution in [2.24, 2.45) is 11.1 Å². The van der Waals surface area contributed by atoms with Gasteiger partial charge in [0.05, 0.1) is 16.6 Å². The zero-order chi connectivity index (χ0) is 26.3. The van der Waals surface area contributed by atoms with Crippen LogP contribution in [0.2, 0.25) is 0 Å². The van der Waals surface area contributed by atoms with Gasteiger partial charge in [-0.05, 0) is 45.1 Å². The number of rotatable bonds is 5. The molecule has 5 rings (SSSR count). The number of amides is 1. The summed E-state index contributed by atoms with van der Waals surface area (Å²) in [6.45, 7) is 2.18. The maximum absolute atomic E-state index is 14.3. The van der Waals surface area contributed by atoms with E-state index in [1.54, 1.807) is 4.90 Å². The second kappa shape index (κ2) is 10.3. The molecule has 0 N–H and O–H groups in total. The highest BCUT2D eigenvalue weighted by molar-refractivity contribution is 7.10. The van der Waals surface area contributed by atoms with Crippen LogP contribution < -0.4 is 0 Å². The first-order valence-electron chi connectivity index (χ1n) is 12.5. The van der Waals surface area contributed by atoms with Gasteiger partial charge in [0.1, 0.15) is 30.7 Å². The van der Waals surface area contributed by atoms with Gasteiger partial charge in [0.15, 0.2) is 5.69 Å². The molecule has 7 nitrogen and oxygen atoms in total. The quantitative estimate of drug-likeness (QED) is 0.494. The number of carbonyl (C=O) groups excluding carboxylic acids is 1. The van der Waals surface area contributed by atoms with Crippen LogP contribution in [0.4, 0.5) is 22.0 Å². The summed E-state index contributed by atoms with van der Waals surface area (Å²) < 4.78 is 68.5. The molecule has 2 aliphatic heterocycles. The van der Waals surface area contributed by atoms with Crippen molar-refractivity contribution in [1.29, 1.82) is 0 Å². The average Bonchev–Trinajstić information content (AvgIpc) is 3.59. The highest BCUT2D eigenvalue weighted by Crippen LogP contribution is 2.38. The van der Waals surface area contributed by atoms with Crippen LogP contribution in [-0.2, 0) is 22.4 Å². The summed E-state index contributed by atoms with van der Waals surface area (Å²) >= 11 is 1.48. The zero-order valence-electron chi connectivity index (χ0n) is 20.3. The molecule has 0 aromatic carbocycles. The first-order valence-corrected chi connectivity index (χ1v) is 13.3. The molecule has 2 fully saturated rings. The topological polar surface area (TPSA) is 72.6 Å². The molecule has 3 atom stereocenters. The first kappa shape index (κ1) is 26.1. The van der Waals surface area contributed by atoms with Crippen molar-refractivity contribution in [2.75, 3.05) is 13.1 Å². The Morgan fingerprint density at radius 2 is 1.86 bits per heavy atom. The van der Waals surface area contributed by atoms with E-state index in [9.17, 15) is 26.7 Å². The summed E-state index contributed by atoms with van der Waals surface area (Å²) in [5, 5.41) is 10.4. The molecule has 0 radical (unpaired) electrons. The number of thiazole rings is 1. The lowest BCUT2D eigenvalue weighted by atomic mass is 9.80. The monoisotopic (exact) mass is 545 g/mol. The van der Waals surface area contributed by atoms with Crippen molar-refractivity contribution in [3.05, 3.63) is 33.5 Å². The van der Waals surface area contributed by atoms with Gasteiger partial charge >= 0.3 is 6.18 Å². The van der Waals surface area contributed by atoms with Gasteiger partial charge in [0, 0.05) is 36.5 Å². The van der Waals surface area contributed by atoms with Gasteiger partial charge in [-0.1, -0.05) is 5.16 Å². The number of carbonyl (C=O) groups is 1. The molecule has 202 valence electrons. The van der Waals surface area contributed by atoms with Crippen molar-refractivity contribution in [3.63, 3.8) is 0 Å². The summed E-state index contributed by atoms with van der Waals surface area (Å²) in [7, 11) is 0. The third kappa shape index (κ3) is 5.51. The lowest BCUT2D eigenvalue weighted by Gasteiger charge is -2.32. The largest absolute Gasteiger partial charge is 0.435 e. The predicted octanol–water partition coefficient (Wildman–Crippen LogP) is 5.04. The van der Waals surface area contributed by atoms with E-state index < -0.39 is 36.2 Å². The van der Waals surface area contributed by atoms with E-state index in [0.29, 0.717) is 63.0 Å². The van der Waals surface area contributed by atoms with Crippen molar-refractivity contribution >= 4 is 23.0 Å². The minimum absolute atomic E-state index is 0.133. The van der Waals surface area contributed by atoms with Gasteiger partial charge in [0.2, 0.25) is 5.91 Å². The molecule has 1 aliphatic carbocycles. The van der Waals surface area contributed by atoms with E-state index in [1.165, 1.54) is 18.3 Å². The van der Waals surface area contributed by atoms with Crippen molar-refractivity contribution in [2.45, 2.75) is 82.5 Å². The van der Waals surface area contributed by atoms with E-state index in [2.05, 4.69) is 10.3 Å². The second-order valence-electron chi connectivity index (χ2n) is 9.98. The van der Waals surface area contributed by atoms with Crippen LogP contribution in [0.3, 0.4) is 0 Å². The highest BCUT2D eigenvalue weighted by Gasteiger charge is 2.43. The maximum atomic E-state index is 14.3. The van der Waals surface area contributed by atoms with E-state index in [0.717, 1.165) is 15.8 Å².